The van der Waals surface area contributed by atoms with Gasteiger partial charge in [0, 0.05) is 5.33 Å². The Kier molecular flexibility index (Phi) is 3.79. The van der Waals surface area contributed by atoms with Crippen LogP contribution in [-0.2, 0) is 0 Å². The van der Waals surface area contributed by atoms with E-state index < -0.39 is 0 Å². The number of nitrogens with one attached hydrogen (secondary N) is 1. The Balaban J connectivity index is 2.14. The minimum absolute atomic E-state index is 0.0642. The predicted molar refractivity (Wildman–Crippen MR) is 74.0 cm³/mol. The van der Waals surface area contributed by atoms with Gasteiger partial charge in [-0.1, -0.05) is 33.6 Å². The van der Waals surface area contributed by atoms with E-state index in [0.717, 1.165) is 23.7 Å². The first kappa shape index (κ1) is 12.9. The van der Waals surface area contributed by atoms with Crippen LogP contribution in [0.2, 0.25) is 5.02 Å². The number of benzene rings is 1. The molecule has 1 fully saturated rings. The van der Waals surface area contributed by atoms with Crippen LogP contribution < -0.4 is 5.32 Å². The molecular weight excluding hydrogens is 302 g/mol. The zero-order valence-corrected chi connectivity index (χ0v) is 12.1. The number of carbonyl (C=O) groups is 1. The van der Waals surface area contributed by atoms with Crippen molar-refractivity contribution in [2.24, 2.45) is 0 Å². The van der Waals surface area contributed by atoms with Crippen molar-refractivity contribution in [3.8, 4) is 0 Å². The molecule has 0 unspecified atom stereocenters. The van der Waals surface area contributed by atoms with Gasteiger partial charge in [-0.15, -0.1) is 0 Å². The number of carbonyl (C=O) groups excluding carboxylic acids is 1. The lowest BCUT2D eigenvalue weighted by Crippen LogP contribution is -2.54. The number of amides is 1. The predicted octanol–water partition coefficient (Wildman–Crippen LogP) is 3.70. The van der Waals surface area contributed by atoms with Crippen molar-refractivity contribution in [3.63, 3.8) is 0 Å². The molecular formula is C13H15BrClNO. The molecule has 1 aliphatic carbocycles. The van der Waals surface area contributed by atoms with Crippen molar-refractivity contribution in [2.45, 2.75) is 31.7 Å². The molecule has 0 aromatic heterocycles. The maximum absolute atomic E-state index is 12.1. The van der Waals surface area contributed by atoms with Crippen LogP contribution in [0.15, 0.2) is 18.2 Å². The van der Waals surface area contributed by atoms with E-state index in [2.05, 4.69) is 21.2 Å². The summed E-state index contributed by atoms with van der Waals surface area (Å²) in [5.74, 6) is -0.0749. The first-order chi connectivity index (χ1) is 8.06. The summed E-state index contributed by atoms with van der Waals surface area (Å²) in [6.07, 6.45) is 3.24. The van der Waals surface area contributed by atoms with Gasteiger partial charge in [0.25, 0.3) is 5.91 Å². The Hall–Kier alpha value is -0.540. The van der Waals surface area contributed by atoms with Crippen molar-refractivity contribution in [1.29, 1.82) is 0 Å². The van der Waals surface area contributed by atoms with Gasteiger partial charge in [-0.3, -0.25) is 4.79 Å². The third kappa shape index (κ3) is 2.66. The summed E-state index contributed by atoms with van der Waals surface area (Å²) in [6.45, 7) is 1.96. The number of rotatable bonds is 3. The van der Waals surface area contributed by atoms with E-state index in [0.29, 0.717) is 10.6 Å². The number of hydrogen-bond donors (Lipinski definition) is 1. The summed E-state index contributed by atoms with van der Waals surface area (Å²) in [5.41, 5.74) is 1.56. The molecule has 1 aliphatic rings. The molecule has 1 saturated carbocycles. The van der Waals surface area contributed by atoms with Crippen molar-refractivity contribution in [3.05, 3.63) is 34.3 Å². The van der Waals surface area contributed by atoms with Crippen LogP contribution in [0.5, 0.6) is 0 Å². The number of alkyl halides is 1. The van der Waals surface area contributed by atoms with Crippen LogP contribution in [0.4, 0.5) is 0 Å². The zero-order chi connectivity index (χ0) is 12.5. The summed E-state index contributed by atoms with van der Waals surface area (Å²) in [7, 11) is 0. The second-order valence-corrected chi connectivity index (χ2v) is 5.67. The van der Waals surface area contributed by atoms with E-state index in [1.807, 2.05) is 19.1 Å². The van der Waals surface area contributed by atoms with Gasteiger partial charge in [-0.2, -0.15) is 0 Å². The van der Waals surface area contributed by atoms with Crippen molar-refractivity contribution in [2.75, 3.05) is 5.33 Å². The lowest BCUT2D eigenvalue weighted by molar-refractivity contribution is 0.0856. The zero-order valence-electron chi connectivity index (χ0n) is 9.72. The Morgan fingerprint density at radius 1 is 1.53 bits per heavy atom. The highest BCUT2D eigenvalue weighted by Gasteiger charge is 2.37. The average molecular weight is 317 g/mol. The smallest absolute Gasteiger partial charge is 0.253 e. The van der Waals surface area contributed by atoms with Crippen LogP contribution in [0.3, 0.4) is 0 Å². The molecule has 17 heavy (non-hydrogen) atoms. The van der Waals surface area contributed by atoms with Gasteiger partial charge in [0.05, 0.1) is 16.1 Å². The van der Waals surface area contributed by atoms with Gasteiger partial charge in [-0.25, -0.2) is 0 Å². The van der Waals surface area contributed by atoms with Crippen molar-refractivity contribution < 1.29 is 4.79 Å². The molecule has 92 valence electrons. The molecule has 1 N–H and O–H groups in total. The summed E-state index contributed by atoms with van der Waals surface area (Å²) >= 11 is 9.55. The Morgan fingerprint density at radius 2 is 2.24 bits per heavy atom. The van der Waals surface area contributed by atoms with E-state index in [1.165, 1.54) is 6.42 Å². The highest BCUT2D eigenvalue weighted by atomic mass is 79.9. The third-order valence-corrected chi connectivity index (χ3v) is 4.70. The second kappa shape index (κ2) is 4.99. The Bertz CT molecular complexity index is 438. The molecule has 0 radical (unpaired) electrons. The SMILES string of the molecule is Cc1ccc(C(=O)NC2(CBr)CCC2)c(Cl)c1. The molecule has 0 heterocycles. The largest absolute Gasteiger partial charge is 0.346 e. The minimum Gasteiger partial charge on any atom is -0.346 e. The Labute approximate surface area is 115 Å². The highest BCUT2D eigenvalue weighted by Crippen LogP contribution is 2.34. The third-order valence-electron chi connectivity index (χ3n) is 3.31. The minimum atomic E-state index is -0.0749. The van der Waals surface area contributed by atoms with Gasteiger partial charge in [0.2, 0.25) is 0 Å². The second-order valence-electron chi connectivity index (χ2n) is 4.70. The maximum Gasteiger partial charge on any atom is 0.253 e. The lowest BCUT2D eigenvalue weighted by Gasteiger charge is -2.41. The van der Waals surface area contributed by atoms with Crippen LogP contribution in [0.25, 0.3) is 0 Å². The van der Waals surface area contributed by atoms with Gasteiger partial charge >= 0.3 is 0 Å². The Morgan fingerprint density at radius 3 is 2.71 bits per heavy atom. The van der Waals surface area contributed by atoms with Crippen LogP contribution >= 0.6 is 27.5 Å². The van der Waals surface area contributed by atoms with Crippen LogP contribution in [0.1, 0.15) is 35.2 Å². The average Bonchev–Trinajstić information content (AvgIpc) is 2.23. The van der Waals surface area contributed by atoms with E-state index >= 15 is 0 Å². The first-order valence-corrected chi connectivity index (χ1v) is 7.21. The molecule has 0 spiro atoms. The van der Waals surface area contributed by atoms with E-state index in [-0.39, 0.29) is 11.4 Å². The normalized spacial score (nSPS) is 17.4. The summed E-state index contributed by atoms with van der Waals surface area (Å²) < 4.78 is 0. The molecule has 0 atom stereocenters. The summed E-state index contributed by atoms with van der Waals surface area (Å²) in [5, 5.41) is 4.41. The van der Waals surface area contributed by atoms with Gasteiger partial charge in [0.15, 0.2) is 0 Å². The fourth-order valence-corrected chi connectivity index (χ4v) is 3.03. The van der Waals surface area contributed by atoms with Crippen LogP contribution in [-0.4, -0.2) is 16.8 Å². The molecule has 0 aliphatic heterocycles. The molecule has 0 saturated heterocycles. The molecule has 4 heteroatoms. The van der Waals surface area contributed by atoms with Crippen molar-refractivity contribution >= 4 is 33.4 Å². The quantitative estimate of drug-likeness (QED) is 0.847. The lowest BCUT2D eigenvalue weighted by atomic mass is 9.78. The van der Waals surface area contributed by atoms with Crippen molar-refractivity contribution in [1.82, 2.24) is 5.32 Å². The van der Waals surface area contributed by atoms with Gasteiger partial charge in [-0.05, 0) is 43.9 Å². The first-order valence-electron chi connectivity index (χ1n) is 5.71. The monoisotopic (exact) mass is 315 g/mol. The summed E-state index contributed by atoms with van der Waals surface area (Å²) in [6, 6.07) is 5.51. The van der Waals surface area contributed by atoms with Gasteiger partial charge in [0.1, 0.15) is 0 Å². The highest BCUT2D eigenvalue weighted by molar-refractivity contribution is 9.09. The molecule has 2 rings (SSSR count). The fourth-order valence-electron chi connectivity index (χ4n) is 2.01. The number of aryl methyl sites for hydroxylation is 1. The maximum atomic E-state index is 12.1. The molecule has 1 amide bonds. The molecule has 1 aromatic carbocycles. The topological polar surface area (TPSA) is 29.1 Å². The number of halogens is 2. The standard InChI is InChI=1S/C13H15BrClNO/c1-9-3-4-10(11(15)7-9)12(17)16-13(8-14)5-2-6-13/h3-4,7H,2,5-6,8H2,1H3,(H,16,17). The summed E-state index contributed by atoms with van der Waals surface area (Å²) in [4.78, 5) is 12.1. The molecule has 0 bridgehead atoms. The van der Waals surface area contributed by atoms with E-state index in [4.69, 9.17) is 11.6 Å². The van der Waals surface area contributed by atoms with Crippen LogP contribution in [0, 0.1) is 6.92 Å². The fraction of sp³-hybridized carbons (Fsp3) is 0.462. The van der Waals surface area contributed by atoms with E-state index in [1.54, 1.807) is 6.07 Å². The molecule has 2 nitrogen and oxygen atoms in total. The number of hydrogen-bond acceptors (Lipinski definition) is 1. The van der Waals surface area contributed by atoms with E-state index in [9.17, 15) is 4.79 Å². The van der Waals surface area contributed by atoms with Gasteiger partial charge < -0.3 is 5.32 Å². The molecule has 1 aromatic rings.